The summed E-state index contributed by atoms with van der Waals surface area (Å²) in [5.41, 5.74) is 2.51. The highest BCUT2D eigenvalue weighted by molar-refractivity contribution is 5.97. The van der Waals surface area contributed by atoms with Crippen LogP contribution in [0.3, 0.4) is 0 Å². The third-order valence-electron chi connectivity index (χ3n) is 5.77. The van der Waals surface area contributed by atoms with Gasteiger partial charge in [0.25, 0.3) is 5.91 Å². The molecule has 0 radical (unpaired) electrons. The number of nitrogens with one attached hydrogen (secondary N) is 1. The molecule has 3 aromatic rings. The van der Waals surface area contributed by atoms with Crippen molar-refractivity contribution in [2.75, 3.05) is 19.6 Å². The van der Waals surface area contributed by atoms with Crippen LogP contribution in [0.2, 0.25) is 0 Å². The minimum atomic E-state index is -0.251. The number of halogens is 1. The van der Waals surface area contributed by atoms with Crippen LogP contribution in [0.5, 0.6) is 0 Å². The number of hydrogen-bond donors (Lipinski definition) is 1. The highest BCUT2D eigenvalue weighted by Gasteiger charge is 2.35. The van der Waals surface area contributed by atoms with Gasteiger partial charge in [0.05, 0.1) is 11.1 Å². The Morgan fingerprint density at radius 1 is 1.12 bits per heavy atom. The molecule has 3 fully saturated rings. The number of benzene rings is 1. The van der Waals surface area contributed by atoms with Gasteiger partial charge in [-0.05, 0) is 62.2 Å². The Balaban J connectivity index is 1.46. The summed E-state index contributed by atoms with van der Waals surface area (Å²) in [7, 11) is 0. The van der Waals surface area contributed by atoms with Gasteiger partial charge in [-0.3, -0.25) is 4.79 Å². The molecule has 1 atom stereocenters. The Labute approximate surface area is 145 Å². The van der Waals surface area contributed by atoms with Crippen LogP contribution in [0, 0.1) is 11.7 Å². The van der Waals surface area contributed by atoms with Crippen molar-refractivity contribution in [1.82, 2.24) is 14.6 Å². The Hall–Kier alpha value is -2.40. The number of amides is 1. The molecule has 25 heavy (non-hydrogen) atoms. The van der Waals surface area contributed by atoms with Crippen LogP contribution < -0.4 is 5.32 Å². The van der Waals surface area contributed by atoms with Crippen LogP contribution in [0.4, 0.5) is 4.39 Å². The lowest BCUT2D eigenvalue weighted by molar-refractivity contribution is 0.0620. The molecule has 3 aliphatic heterocycles. The summed E-state index contributed by atoms with van der Waals surface area (Å²) in [6.07, 6.45) is 4.21. The maximum Gasteiger partial charge on any atom is 0.253 e. The van der Waals surface area contributed by atoms with E-state index in [9.17, 15) is 9.18 Å². The van der Waals surface area contributed by atoms with Gasteiger partial charge < -0.3 is 14.6 Å². The first-order valence-electron chi connectivity index (χ1n) is 8.91. The number of piperidine rings is 3. The van der Waals surface area contributed by atoms with Gasteiger partial charge in [-0.2, -0.15) is 0 Å². The number of aromatic nitrogens is 1. The fraction of sp³-hybridized carbons (Fsp3) is 0.350. The summed E-state index contributed by atoms with van der Waals surface area (Å²) in [6.45, 7) is 3.29. The topological polar surface area (TPSA) is 36.8 Å². The molecule has 0 saturated carbocycles. The quantitative estimate of drug-likeness (QED) is 0.780. The normalized spacial score (nSPS) is 25.6. The third-order valence-corrected chi connectivity index (χ3v) is 5.77. The molecule has 2 aromatic heterocycles. The average molecular weight is 337 g/mol. The van der Waals surface area contributed by atoms with Crippen molar-refractivity contribution in [3.05, 3.63) is 54.0 Å². The predicted octanol–water partition coefficient (Wildman–Crippen LogP) is 3.06. The molecular formula is C20H20FN3O. The van der Waals surface area contributed by atoms with E-state index in [2.05, 4.69) is 10.2 Å². The van der Waals surface area contributed by atoms with Gasteiger partial charge in [-0.25, -0.2) is 4.39 Å². The second-order valence-electron chi connectivity index (χ2n) is 7.28. The molecule has 2 bridgehead atoms. The van der Waals surface area contributed by atoms with Crippen molar-refractivity contribution in [1.29, 1.82) is 0 Å². The summed E-state index contributed by atoms with van der Waals surface area (Å²) >= 11 is 0. The lowest BCUT2D eigenvalue weighted by Gasteiger charge is -2.44. The van der Waals surface area contributed by atoms with Gasteiger partial charge in [0.2, 0.25) is 0 Å². The lowest BCUT2D eigenvalue weighted by atomic mass is 9.84. The van der Waals surface area contributed by atoms with E-state index in [0.29, 0.717) is 11.5 Å². The van der Waals surface area contributed by atoms with Crippen molar-refractivity contribution in [2.24, 2.45) is 5.92 Å². The van der Waals surface area contributed by atoms with E-state index in [1.165, 1.54) is 25.0 Å². The number of rotatable bonds is 2. The molecule has 5 heterocycles. The zero-order valence-electron chi connectivity index (χ0n) is 13.9. The highest BCUT2D eigenvalue weighted by Crippen LogP contribution is 2.28. The molecule has 1 amide bonds. The minimum absolute atomic E-state index is 0.0160. The van der Waals surface area contributed by atoms with Crippen molar-refractivity contribution in [3.63, 3.8) is 0 Å². The summed E-state index contributed by atoms with van der Waals surface area (Å²) in [4.78, 5) is 15.2. The maximum absolute atomic E-state index is 13.4. The van der Waals surface area contributed by atoms with Crippen LogP contribution in [-0.4, -0.2) is 40.9 Å². The van der Waals surface area contributed by atoms with E-state index < -0.39 is 0 Å². The van der Waals surface area contributed by atoms with E-state index in [-0.39, 0.29) is 17.8 Å². The number of pyridine rings is 1. The fourth-order valence-corrected chi connectivity index (χ4v) is 4.37. The van der Waals surface area contributed by atoms with E-state index >= 15 is 0 Å². The van der Waals surface area contributed by atoms with Gasteiger partial charge in [0, 0.05) is 29.7 Å². The molecule has 1 N–H and O–H groups in total. The van der Waals surface area contributed by atoms with E-state index in [0.717, 1.165) is 36.1 Å². The largest absolute Gasteiger partial charge is 0.348 e. The number of carbonyl (C=O) groups excluding carboxylic acids is 1. The van der Waals surface area contributed by atoms with Crippen LogP contribution in [0.25, 0.3) is 16.4 Å². The summed E-state index contributed by atoms with van der Waals surface area (Å²) in [5.74, 6) is 0.340. The van der Waals surface area contributed by atoms with Crippen LogP contribution in [0.1, 0.15) is 23.2 Å². The van der Waals surface area contributed by atoms with E-state index in [1.807, 2.05) is 28.8 Å². The Morgan fingerprint density at radius 3 is 2.72 bits per heavy atom. The summed E-state index contributed by atoms with van der Waals surface area (Å²) < 4.78 is 15.4. The molecule has 1 aromatic carbocycles. The number of carbonyl (C=O) groups is 1. The fourth-order valence-electron chi connectivity index (χ4n) is 4.37. The molecular weight excluding hydrogens is 317 g/mol. The van der Waals surface area contributed by atoms with Gasteiger partial charge in [0.1, 0.15) is 5.82 Å². The molecule has 4 nitrogen and oxygen atoms in total. The van der Waals surface area contributed by atoms with Crippen molar-refractivity contribution < 1.29 is 9.18 Å². The molecule has 0 unspecified atom stereocenters. The molecule has 0 aliphatic carbocycles. The first-order chi connectivity index (χ1) is 12.2. The molecule has 3 saturated heterocycles. The molecule has 5 heteroatoms. The Kier molecular flexibility index (Phi) is 3.31. The van der Waals surface area contributed by atoms with Gasteiger partial charge in [0.15, 0.2) is 0 Å². The highest BCUT2D eigenvalue weighted by atomic mass is 19.1. The summed E-state index contributed by atoms with van der Waals surface area (Å²) in [6, 6.07) is 10.7. The predicted molar refractivity (Wildman–Crippen MR) is 95.3 cm³/mol. The molecule has 0 spiro atoms. The monoisotopic (exact) mass is 337 g/mol. The standard InChI is InChI=1S/C20H20FN3O/c21-16-2-4-19-14(9-16)1-3-17-10-15(11-24(17)19)20(25)22-18-12-23-7-5-13(18)6-8-23/h1-4,9-11,13,18H,5-8,12H2,(H,22,25)/t18-/m0/s1. The second-order valence-corrected chi connectivity index (χ2v) is 7.28. The minimum Gasteiger partial charge on any atom is -0.348 e. The van der Waals surface area contributed by atoms with E-state index in [4.69, 9.17) is 0 Å². The van der Waals surface area contributed by atoms with Crippen molar-refractivity contribution in [3.8, 4) is 0 Å². The van der Waals surface area contributed by atoms with Gasteiger partial charge in [-0.1, -0.05) is 6.07 Å². The number of fused-ring (bicyclic) bond motifs is 6. The third kappa shape index (κ3) is 2.50. The molecule has 3 aliphatic rings. The zero-order valence-corrected chi connectivity index (χ0v) is 13.9. The lowest BCUT2D eigenvalue weighted by Crippen LogP contribution is -2.57. The smallest absolute Gasteiger partial charge is 0.253 e. The number of nitrogens with zero attached hydrogens (tertiary/aromatic N) is 2. The van der Waals surface area contributed by atoms with Crippen LogP contribution >= 0.6 is 0 Å². The van der Waals surface area contributed by atoms with Crippen molar-refractivity contribution in [2.45, 2.75) is 18.9 Å². The first-order valence-corrected chi connectivity index (χ1v) is 8.91. The molecule has 128 valence electrons. The van der Waals surface area contributed by atoms with Gasteiger partial charge in [-0.15, -0.1) is 0 Å². The van der Waals surface area contributed by atoms with Crippen molar-refractivity contribution >= 4 is 22.3 Å². The SMILES string of the molecule is O=C(N[C@H]1CN2CCC1CC2)c1cc2ccc3cc(F)ccc3n2c1. The summed E-state index contributed by atoms with van der Waals surface area (Å²) in [5, 5.41) is 4.06. The number of hydrogen-bond acceptors (Lipinski definition) is 2. The van der Waals surface area contributed by atoms with E-state index in [1.54, 1.807) is 6.07 Å². The van der Waals surface area contributed by atoms with Gasteiger partial charge >= 0.3 is 0 Å². The zero-order chi connectivity index (χ0) is 17.0. The first kappa shape index (κ1) is 14.9. The average Bonchev–Trinajstić information content (AvgIpc) is 3.07. The second kappa shape index (κ2) is 5.56. The Bertz CT molecular complexity index is 972. The maximum atomic E-state index is 13.4. The Morgan fingerprint density at radius 2 is 1.96 bits per heavy atom. The molecule has 6 rings (SSSR count). The van der Waals surface area contributed by atoms with Crippen LogP contribution in [0.15, 0.2) is 42.6 Å². The van der Waals surface area contributed by atoms with Crippen LogP contribution in [-0.2, 0) is 0 Å².